The molecule has 2 aromatic heterocycles. The number of aliphatic hydroxyl groups is 1. The lowest BCUT2D eigenvalue weighted by atomic mass is 10.1. The van der Waals surface area contributed by atoms with Gasteiger partial charge in [-0.3, -0.25) is 0 Å². The summed E-state index contributed by atoms with van der Waals surface area (Å²) in [6.07, 6.45) is 2.36. The van der Waals surface area contributed by atoms with Crippen LogP contribution in [-0.2, 0) is 30.7 Å². The molecule has 126 valence electrons. The first-order chi connectivity index (χ1) is 11.2. The zero-order chi connectivity index (χ0) is 16.1. The van der Waals surface area contributed by atoms with Crippen molar-refractivity contribution in [1.29, 1.82) is 0 Å². The Morgan fingerprint density at radius 2 is 2.48 bits per heavy atom. The molecule has 0 spiro atoms. The van der Waals surface area contributed by atoms with E-state index in [0.29, 0.717) is 25.8 Å². The van der Waals surface area contributed by atoms with E-state index in [0.717, 1.165) is 37.5 Å². The van der Waals surface area contributed by atoms with Crippen LogP contribution in [0.15, 0.2) is 17.5 Å². The third-order valence-corrected chi connectivity index (χ3v) is 4.84. The zero-order valence-electron chi connectivity index (χ0n) is 13.4. The van der Waals surface area contributed by atoms with Gasteiger partial charge in [0.1, 0.15) is 5.82 Å². The Morgan fingerprint density at radius 3 is 3.26 bits per heavy atom. The largest absolute Gasteiger partial charge is 0.389 e. The predicted molar refractivity (Wildman–Crippen MR) is 89.5 cm³/mol. The molecule has 2 atom stereocenters. The van der Waals surface area contributed by atoms with Crippen LogP contribution in [0.4, 0.5) is 0 Å². The van der Waals surface area contributed by atoms with Gasteiger partial charge >= 0.3 is 0 Å². The van der Waals surface area contributed by atoms with Crippen LogP contribution in [0.2, 0.25) is 0 Å². The second kappa shape index (κ2) is 8.01. The first-order valence-corrected chi connectivity index (χ1v) is 9.06. The predicted octanol–water partition coefficient (Wildman–Crippen LogP) is 1.38. The van der Waals surface area contributed by atoms with Crippen molar-refractivity contribution in [1.82, 2.24) is 20.1 Å². The molecule has 3 heterocycles. The van der Waals surface area contributed by atoms with E-state index in [4.69, 9.17) is 4.74 Å². The number of hydrogen-bond donors (Lipinski definition) is 2. The molecule has 0 saturated heterocycles. The van der Waals surface area contributed by atoms with Gasteiger partial charge in [-0.05, 0) is 17.9 Å². The Kier molecular flexibility index (Phi) is 5.77. The Labute approximate surface area is 140 Å². The number of aryl methyl sites for hydroxylation is 2. The Morgan fingerprint density at radius 1 is 1.57 bits per heavy atom. The van der Waals surface area contributed by atoms with Crippen LogP contribution < -0.4 is 5.32 Å². The van der Waals surface area contributed by atoms with Crippen molar-refractivity contribution >= 4 is 11.3 Å². The summed E-state index contributed by atoms with van der Waals surface area (Å²) < 4.78 is 7.55. The van der Waals surface area contributed by atoms with Crippen molar-refractivity contribution in [2.45, 2.75) is 51.5 Å². The standard InChI is InChI=1S/C16H24N4O2S/c1-2-15-18-16-6-5-12(9-20(16)19-15)17-8-13(21)10-22-11-14-4-3-7-23-14/h3-4,7,12-13,17,21H,2,5-6,8-11H2,1H3. The quantitative estimate of drug-likeness (QED) is 0.762. The van der Waals surface area contributed by atoms with Gasteiger partial charge in [0, 0.05) is 30.3 Å². The van der Waals surface area contributed by atoms with E-state index in [9.17, 15) is 5.11 Å². The highest BCUT2D eigenvalue weighted by Gasteiger charge is 2.21. The van der Waals surface area contributed by atoms with E-state index in [-0.39, 0.29) is 0 Å². The molecule has 2 N–H and O–H groups in total. The van der Waals surface area contributed by atoms with Gasteiger partial charge in [0.25, 0.3) is 0 Å². The highest BCUT2D eigenvalue weighted by molar-refractivity contribution is 7.09. The number of fused-ring (bicyclic) bond motifs is 1. The number of nitrogens with zero attached hydrogens (tertiary/aromatic N) is 3. The van der Waals surface area contributed by atoms with E-state index in [1.54, 1.807) is 11.3 Å². The molecular formula is C16H24N4O2S. The average molecular weight is 336 g/mol. The maximum atomic E-state index is 10.0. The van der Waals surface area contributed by atoms with Crippen molar-refractivity contribution in [2.24, 2.45) is 0 Å². The van der Waals surface area contributed by atoms with Gasteiger partial charge in [0.05, 0.1) is 25.9 Å². The molecule has 7 heteroatoms. The Balaban J connectivity index is 1.37. The van der Waals surface area contributed by atoms with Gasteiger partial charge in [-0.2, -0.15) is 5.10 Å². The molecule has 0 radical (unpaired) electrons. The molecule has 0 aromatic carbocycles. The van der Waals surface area contributed by atoms with E-state index < -0.39 is 6.10 Å². The molecule has 0 amide bonds. The topological polar surface area (TPSA) is 72.2 Å². The molecule has 0 bridgehead atoms. The molecule has 6 nitrogen and oxygen atoms in total. The first-order valence-electron chi connectivity index (χ1n) is 8.18. The van der Waals surface area contributed by atoms with Gasteiger partial charge in [0.2, 0.25) is 0 Å². The molecule has 0 fully saturated rings. The first kappa shape index (κ1) is 16.6. The van der Waals surface area contributed by atoms with Crippen LogP contribution in [0.5, 0.6) is 0 Å². The summed E-state index contributed by atoms with van der Waals surface area (Å²) in [7, 11) is 0. The third kappa shape index (κ3) is 4.60. The molecular weight excluding hydrogens is 312 g/mol. The molecule has 1 aliphatic rings. The minimum absolute atomic E-state index is 0.334. The van der Waals surface area contributed by atoms with Crippen molar-refractivity contribution < 1.29 is 9.84 Å². The number of thiophene rings is 1. The van der Waals surface area contributed by atoms with Gasteiger partial charge in [-0.1, -0.05) is 13.0 Å². The van der Waals surface area contributed by atoms with Crippen molar-refractivity contribution in [3.05, 3.63) is 34.0 Å². The highest BCUT2D eigenvalue weighted by Crippen LogP contribution is 2.13. The van der Waals surface area contributed by atoms with E-state index >= 15 is 0 Å². The van der Waals surface area contributed by atoms with Crippen molar-refractivity contribution in [3.8, 4) is 0 Å². The molecule has 0 saturated carbocycles. The SMILES string of the molecule is CCc1nc2n(n1)CC(NCC(O)COCc1cccs1)CC2. The van der Waals surface area contributed by atoms with Crippen molar-refractivity contribution in [2.75, 3.05) is 13.2 Å². The van der Waals surface area contributed by atoms with Crippen LogP contribution in [0, 0.1) is 0 Å². The number of hydrogen-bond acceptors (Lipinski definition) is 6. The highest BCUT2D eigenvalue weighted by atomic mass is 32.1. The summed E-state index contributed by atoms with van der Waals surface area (Å²) in [5.41, 5.74) is 0. The Hall–Kier alpha value is -1.28. The lowest BCUT2D eigenvalue weighted by Gasteiger charge is -2.24. The molecule has 2 unspecified atom stereocenters. The normalized spacial score (nSPS) is 18.8. The second-order valence-corrected chi connectivity index (χ2v) is 6.90. The fraction of sp³-hybridized carbons (Fsp3) is 0.625. The summed E-state index contributed by atoms with van der Waals surface area (Å²) >= 11 is 1.67. The van der Waals surface area contributed by atoms with Gasteiger partial charge in [-0.25, -0.2) is 9.67 Å². The Bertz CT molecular complexity index is 599. The van der Waals surface area contributed by atoms with Crippen LogP contribution >= 0.6 is 11.3 Å². The van der Waals surface area contributed by atoms with Gasteiger partial charge in [0.15, 0.2) is 5.82 Å². The van der Waals surface area contributed by atoms with Crippen LogP contribution in [-0.4, -0.2) is 45.2 Å². The molecule has 3 rings (SSSR count). The lowest BCUT2D eigenvalue weighted by Crippen LogP contribution is -2.42. The summed E-state index contributed by atoms with van der Waals surface area (Å²) in [4.78, 5) is 5.70. The number of aromatic nitrogens is 3. The van der Waals surface area contributed by atoms with Crippen LogP contribution in [0.3, 0.4) is 0 Å². The zero-order valence-corrected chi connectivity index (χ0v) is 14.3. The van der Waals surface area contributed by atoms with E-state index in [1.807, 2.05) is 22.2 Å². The van der Waals surface area contributed by atoms with Crippen LogP contribution in [0.25, 0.3) is 0 Å². The fourth-order valence-corrected chi connectivity index (χ4v) is 3.37. The number of aliphatic hydroxyl groups excluding tert-OH is 1. The molecule has 2 aromatic rings. The second-order valence-electron chi connectivity index (χ2n) is 5.87. The van der Waals surface area contributed by atoms with Gasteiger partial charge < -0.3 is 15.2 Å². The number of nitrogens with one attached hydrogen (secondary N) is 1. The minimum atomic E-state index is -0.488. The summed E-state index contributed by atoms with van der Waals surface area (Å²) in [6, 6.07) is 4.38. The summed E-state index contributed by atoms with van der Waals surface area (Å²) in [5.74, 6) is 2.00. The molecule has 1 aliphatic heterocycles. The summed E-state index contributed by atoms with van der Waals surface area (Å²) in [5, 5.41) is 20.0. The maximum Gasteiger partial charge on any atom is 0.150 e. The fourth-order valence-electron chi connectivity index (χ4n) is 2.73. The van der Waals surface area contributed by atoms with E-state index in [2.05, 4.69) is 22.3 Å². The van der Waals surface area contributed by atoms with Crippen LogP contribution in [0.1, 0.15) is 29.9 Å². The van der Waals surface area contributed by atoms with Gasteiger partial charge in [-0.15, -0.1) is 11.3 Å². The smallest absolute Gasteiger partial charge is 0.150 e. The van der Waals surface area contributed by atoms with E-state index in [1.165, 1.54) is 4.88 Å². The monoisotopic (exact) mass is 336 g/mol. The average Bonchev–Trinajstić information content (AvgIpc) is 3.21. The number of ether oxygens (including phenoxy) is 1. The third-order valence-electron chi connectivity index (χ3n) is 3.99. The number of rotatable bonds is 8. The van der Waals surface area contributed by atoms with Crippen molar-refractivity contribution in [3.63, 3.8) is 0 Å². The molecule has 0 aliphatic carbocycles. The maximum absolute atomic E-state index is 10.0. The molecule has 23 heavy (non-hydrogen) atoms. The lowest BCUT2D eigenvalue weighted by molar-refractivity contribution is 0.0279. The summed E-state index contributed by atoms with van der Waals surface area (Å²) in [6.45, 7) is 4.36. The minimum Gasteiger partial charge on any atom is -0.389 e.